The van der Waals surface area contributed by atoms with Crippen LogP contribution in [0, 0.1) is 15.2 Å². The van der Waals surface area contributed by atoms with Crippen molar-refractivity contribution in [3.63, 3.8) is 0 Å². The monoisotopic (exact) mass is 403 g/mol. The number of amides is 1. The number of rotatable bonds is 4. The van der Waals surface area contributed by atoms with E-state index in [0.717, 1.165) is 9.64 Å². The first-order valence-corrected chi connectivity index (χ1v) is 7.22. The summed E-state index contributed by atoms with van der Waals surface area (Å²) in [5.41, 5.74) is -0.0838. The van der Waals surface area contributed by atoms with Gasteiger partial charge in [0, 0.05) is 9.64 Å². The zero-order chi connectivity index (χ0) is 15.4. The Bertz CT molecular complexity index is 647. The van der Waals surface area contributed by atoms with Crippen molar-refractivity contribution in [2.24, 2.45) is 0 Å². The molecule has 110 valence electrons. The summed E-state index contributed by atoms with van der Waals surface area (Å²) in [5, 5.41) is 2.36. The number of nitrogens with one attached hydrogen (secondary N) is 1. The highest BCUT2D eigenvalue weighted by atomic mass is 127. The zero-order valence-corrected chi connectivity index (χ0v) is 13.2. The van der Waals surface area contributed by atoms with Crippen LogP contribution in [-0.2, 0) is 4.79 Å². The molecule has 0 aliphatic rings. The molecule has 1 N–H and O–H groups in total. The number of halogens is 3. The topological polar surface area (TPSA) is 38.3 Å². The predicted molar refractivity (Wildman–Crippen MR) is 84.2 cm³/mol. The summed E-state index contributed by atoms with van der Waals surface area (Å²) < 4.78 is 32.7. The fourth-order valence-electron chi connectivity index (χ4n) is 1.60. The Labute approximate surface area is 134 Å². The van der Waals surface area contributed by atoms with Gasteiger partial charge in [-0.3, -0.25) is 4.79 Å². The molecule has 0 aromatic heterocycles. The van der Waals surface area contributed by atoms with E-state index in [9.17, 15) is 13.6 Å². The van der Waals surface area contributed by atoms with Crippen molar-refractivity contribution < 1.29 is 18.3 Å². The van der Waals surface area contributed by atoms with Crippen molar-refractivity contribution >= 4 is 34.2 Å². The number of carbonyl (C=O) groups excluding carboxylic acids is 1. The molecule has 0 fully saturated rings. The van der Waals surface area contributed by atoms with E-state index in [2.05, 4.69) is 27.9 Å². The van der Waals surface area contributed by atoms with Gasteiger partial charge in [0.2, 0.25) is 0 Å². The molecule has 1 unspecified atom stereocenters. The molecule has 0 saturated heterocycles. The minimum absolute atomic E-state index is 0.0838. The second kappa shape index (κ2) is 6.84. The molecule has 2 rings (SSSR count). The molecular formula is C15H12F2INO2. The van der Waals surface area contributed by atoms with Crippen LogP contribution >= 0.6 is 22.6 Å². The number of carbonyl (C=O) groups is 1. The molecule has 2 aromatic rings. The van der Waals surface area contributed by atoms with E-state index in [1.165, 1.54) is 6.07 Å². The molecule has 0 bridgehead atoms. The SMILES string of the molecule is CC(Oc1ccc(I)cc1)C(=O)Nc1ccc(F)cc1F. The third-order valence-corrected chi connectivity index (χ3v) is 3.40. The van der Waals surface area contributed by atoms with Gasteiger partial charge in [-0.25, -0.2) is 8.78 Å². The zero-order valence-electron chi connectivity index (χ0n) is 11.1. The lowest BCUT2D eigenvalue weighted by Crippen LogP contribution is -2.30. The van der Waals surface area contributed by atoms with E-state index >= 15 is 0 Å². The lowest BCUT2D eigenvalue weighted by molar-refractivity contribution is -0.122. The summed E-state index contributed by atoms with van der Waals surface area (Å²) in [5.74, 6) is -1.50. The summed E-state index contributed by atoms with van der Waals surface area (Å²) in [4.78, 5) is 11.9. The molecule has 21 heavy (non-hydrogen) atoms. The van der Waals surface area contributed by atoms with Gasteiger partial charge in [-0.1, -0.05) is 0 Å². The quantitative estimate of drug-likeness (QED) is 0.785. The van der Waals surface area contributed by atoms with Crippen LogP contribution in [0.5, 0.6) is 5.75 Å². The summed E-state index contributed by atoms with van der Waals surface area (Å²) in [6.45, 7) is 1.55. The molecule has 0 aliphatic heterocycles. The third kappa shape index (κ3) is 4.38. The van der Waals surface area contributed by atoms with Crippen LogP contribution in [0.4, 0.5) is 14.5 Å². The highest BCUT2D eigenvalue weighted by molar-refractivity contribution is 14.1. The first kappa shape index (κ1) is 15.7. The number of anilines is 1. The maximum Gasteiger partial charge on any atom is 0.265 e. The Morgan fingerprint density at radius 3 is 2.48 bits per heavy atom. The second-order valence-corrected chi connectivity index (χ2v) is 5.57. The molecule has 0 saturated carbocycles. The van der Waals surface area contributed by atoms with Crippen LogP contribution < -0.4 is 10.1 Å². The van der Waals surface area contributed by atoms with Crippen LogP contribution in [0.2, 0.25) is 0 Å². The Hall–Kier alpha value is -1.70. The Morgan fingerprint density at radius 2 is 1.86 bits per heavy atom. The van der Waals surface area contributed by atoms with Crippen LogP contribution in [-0.4, -0.2) is 12.0 Å². The van der Waals surface area contributed by atoms with Gasteiger partial charge in [0.1, 0.15) is 17.4 Å². The Kier molecular flexibility index (Phi) is 5.11. The fourth-order valence-corrected chi connectivity index (χ4v) is 1.96. The molecule has 3 nitrogen and oxygen atoms in total. The van der Waals surface area contributed by atoms with E-state index in [1.807, 2.05) is 12.1 Å². The van der Waals surface area contributed by atoms with Crippen LogP contribution in [0.15, 0.2) is 42.5 Å². The number of hydrogen-bond donors (Lipinski definition) is 1. The van der Waals surface area contributed by atoms with Crippen molar-refractivity contribution in [3.05, 3.63) is 57.7 Å². The summed E-state index contributed by atoms with van der Waals surface area (Å²) in [6, 6.07) is 10.1. The molecular weight excluding hydrogens is 391 g/mol. The molecule has 0 radical (unpaired) electrons. The first-order valence-electron chi connectivity index (χ1n) is 6.14. The maximum absolute atomic E-state index is 13.4. The first-order chi connectivity index (χ1) is 9.95. The summed E-state index contributed by atoms with van der Waals surface area (Å²) in [6.07, 6.45) is -0.811. The predicted octanol–water partition coefficient (Wildman–Crippen LogP) is 3.98. The maximum atomic E-state index is 13.4. The van der Waals surface area contributed by atoms with E-state index in [1.54, 1.807) is 19.1 Å². The average molecular weight is 403 g/mol. The standard InChI is InChI=1S/C15H12F2INO2/c1-9(21-12-5-3-11(18)4-6-12)15(20)19-14-7-2-10(16)8-13(14)17/h2-9H,1H3,(H,19,20). The Morgan fingerprint density at radius 1 is 1.19 bits per heavy atom. The highest BCUT2D eigenvalue weighted by Crippen LogP contribution is 2.17. The van der Waals surface area contributed by atoms with Crippen molar-refractivity contribution in [3.8, 4) is 5.75 Å². The van der Waals surface area contributed by atoms with Gasteiger partial charge in [0.05, 0.1) is 5.69 Å². The highest BCUT2D eigenvalue weighted by Gasteiger charge is 2.16. The molecule has 2 aromatic carbocycles. The fraction of sp³-hybridized carbons (Fsp3) is 0.133. The largest absolute Gasteiger partial charge is 0.481 e. The molecule has 0 heterocycles. The van der Waals surface area contributed by atoms with Crippen molar-refractivity contribution in [1.29, 1.82) is 0 Å². The average Bonchev–Trinajstić information content (AvgIpc) is 2.44. The Balaban J connectivity index is 2.00. The van der Waals surface area contributed by atoms with Crippen molar-refractivity contribution in [1.82, 2.24) is 0 Å². The molecule has 6 heteroatoms. The normalized spacial score (nSPS) is 11.8. The van der Waals surface area contributed by atoms with Crippen molar-refractivity contribution in [2.75, 3.05) is 5.32 Å². The van der Waals surface area contributed by atoms with Gasteiger partial charge in [-0.2, -0.15) is 0 Å². The van der Waals surface area contributed by atoms with Crippen molar-refractivity contribution in [2.45, 2.75) is 13.0 Å². The molecule has 1 amide bonds. The lowest BCUT2D eigenvalue weighted by atomic mass is 10.2. The molecule has 0 aliphatic carbocycles. The van der Waals surface area contributed by atoms with Crippen LogP contribution in [0.3, 0.4) is 0 Å². The van der Waals surface area contributed by atoms with Gasteiger partial charge >= 0.3 is 0 Å². The lowest BCUT2D eigenvalue weighted by Gasteiger charge is -2.15. The van der Waals surface area contributed by atoms with Gasteiger partial charge in [0.25, 0.3) is 5.91 Å². The molecule has 0 spiro atoms. The van der Waals surface area contributed by atoms with Gasteiger partial charge < -0.3 is 10.1 Å². The molecule has 1 atom stereocenters. The minimum Gasteiger partial charge on any atom is -0.481 e. The minimum atomic E-state index is -0.829. The smallest absolute Gasteiger partial charge is 0.265 e. The van der Waals surface area contributed by atoms with E-state index in [0.29, 0.717) is 11.8 Å². The van der Waals surface area contributed by atoms with E-state index in [-0.39, 0.29) is 5.69 Å². The number of benzene rings is 2. The van der Waals surface area contributed by atoms with Gasteiger partial charge in [-0.05, 0) is 65.9 Å². The second-order valence-electron chi connectivity index (χ2n) is 4.33. The van der Waals surface area contributed by atoms with Gasteiger partial charge in [-0.15, -0.1) is 0 Å². The number of ether oxygens (including phenoxy) is 1. The number of hydrogen-bond acceptors (Lipinski definition) is 2. The van der Waals surface area contributed by atoms with Gasteiger partial charge in [0.15, 0.2) is 6.10 Å². The van der Waals surface area contributed by atoms with E-state index in [4.69, 9.17) is 4.74 Å². The summed E-state index contributed by atoms with van der Waals surface area (Å²) >= 11 is 2.16. The summed E-state index contributed by atoms with van der Waals surface area (Å²) in [7, 11) is 0. The third-order valence-electron chi connectivity index (χ3n) is 2.68. The van der Waals surface area contributed by atoms with E-state index < -0.39 is 23.6 Å². The van der Waals surface area contributed by atoms with Crippen LogP contribution in [0.1, 0.15) is 6.92 Å². The van der Waals surface area contributed by atoms with Crippen LogP contribution in [0.25, 0.3) is 0 Å².